The first-order valence-electron chi connectivity index (χ1n) is 3.16. The van der Waals surface area contributed by atoms with Crippen molar-refractivity contribution in [2.24, 2.45) is 0 Å². The summed E-state index contributed by atoms with van der Waals surface area (Å²) in [5.74, 6) is 0.0764. The fraction of sp³-hybridized carbons (Fsp3) is 0.400. The highest BCUT2D eigenvalue weighted by atomic mass is 35.7. The summed E-state index contributed by atoms with van der Waals surface area (Å²) in [6.07, 6.45) is 1.10. The summed E-state index contributed by atoms with van der Waals surface area (Å²) in [6, 6.07) is 0. The van der Waals surface area contributed by atoms with Crippen LogP contribution in [0, 0.1) is 0 Å². The maximum absolute atomic E-state index is 10.8. The third kappa shape index (κ3) is 1.89. The van der Waals surface area contributed by atoms with Crippen LogP contribution in [0.3, 0.4) is 0 Å². The summed E-state index contributed by atoms with van der Waals surface area (Å²) in [4.78, 5) is -0.133. The summed E-state index contributed by atoms with van der Waals surface area (Å²) in [7, 11) is 1.31. The Labute approximate surface area is 74.1 Å². The van der Waals surface area contributed by atoms with Gasteiger partial charge in [0.05, 0.1) is 12.8 Å². The third-order valence-electron chi connectivity index (χ3n) is 1.12. The van der Waals surface area contributed by atoms with E-state index in [4.69, 9.17) is 15.4 Å². The Kier molecular flexibility index (Phi) is 2.58. The van der Waals surface area contributed by atoms with Gasteiger partial charge in [0.2, 0.25) is 5.88 Å². The lowest BCUT2D eigenvalue weighted by atomic mass is 10.7. The highest BCUT2D eigenvalue weighted by molar-refractivity contribution is 8.13. The second kappa shape index (κ2) is 3.32. The molecule has 0 aliphatic carbocycles. The van der Waals surface area contributed by atoms with Crippen LogP contribution in [-0.4, -0.2) is 25.2 Å². The smallest absolute Gasteiger partial charge is 0.268 e. The lowest BCUT2D eigenvalue weighted by molar-refractivity contribution is 0.318. The molecule has 0 saturated heterocycles. The number of H-pyrrole nitrogens is 1. The maximum Gasteiger partial charge on any atom is 0.268 e. The number of ether oxygens (including phenoxy) is 1. The van der Waals surface area contributed by atoms with Crippen molar-refractivity contribution >= 4 is 19.7 Å². The Morgan fingerprint density at radius 2 is 2.42 bits per heavy atom. The van der Waals surface area contributed by atoms with Gasteiger partial charge in [-0.15, -0.1) is 0 Å². The molecule has 0 spiro atoms. The van der Waals surface area contributed by atoms with E-state index in [2.05, 4.69) is 10.2 Å². The van der Waals surface area contributed by atoms with Crippen LogP contribution in [0.5, 0.6) is 5.88 Å². The van der Waals surface area contributed by atoms with Crippen molar-refractivity contribution in [3.8, 4) is 5.88 Å². The second-order valence-corrected chi connectivity index (χ2v) is 4.47. The molecular formula is C5H7ClN2O3S. The van der Waals surface area contributed by atoms with Gasteiger partial charge in [-0.05, 0) is 6.92 Å². The van der Waals surface area contributed by atoms with E-state index >= 15 is 0 Å². The molecule has 12 heavy (non-hydrogen) atoms. The molecule has 0 amide bonds. The topological polar surface area (TPSA) is 72.0 Å². The zero-order valence-corrected chi connectivity index (χ0v) is 7.82. The van der Waals surface area contributed by atoms with Gasteiger partial charge in [0.25, 0.3) is 9.05 Å². The Bertz CT molecular complexity index is 359. The SMILES string of the molecule is CCOc1[nH]ncc1S(=O)(=O)Cl. The molecule has 0 aromatic carbocycles. The van der Waals surface area contributed by atoms with Gasteiger partial charge in [-0.1, -0.05) is 0 Å². The van der Waals surface area contributed by atoms with E-state index < -0.39 is 9.05 Å². The molecule has 1 rings (SSSR count). The van der Waals surface area contributed by atoms with Crippen LogP contribution in [-0.2, 0) is 9.05 Å². The van der Waals surface area contributed by atoms with Crippen molar-refractivity contribution < 1.29 is 13.2 Å². The van der Waals surface area contributed by atoms with E-state index in [9.17, 15) is 8.42 Å². The van der Waals surface area contributed by atoms with Crippen molar-refractivity contribution in [3.05, 3.63) is 6.20 Å². The van der Waals surface area contributed by atoms with E-state index in [1.165, 1.54) is 0 Å². The first-order chi connectivity index (χ1) is 5.55. The average Bonchev–Trinajstić information content (AvgIpc) is 2.34. The van der Waals surface area contributed by atoms with Crippen LogP contribution < -0.4 is 4.74 Å². The molecular weight excluding hydrogens is 204 g/mol. The number of rotatable bonds is 3. The molecule has 0 aliphatic heterocycles. The molecule has 0 bridgehead atoms. The van der Waals surface area contributed by atoms with Crippen molar-refractivity contribution in [1.29, 1.82) is 0 Å². The third-order valence-corrected chi connectivity index (χ3v) is 2.44. The highest BCUT2D eigenvalue weighted by Gasteiger charge is 2.18. The first kappa shape index (κ1) is 9.34. The van der Waals surface area contributed by atoms with Gasteiger partial charge in [-0.25, -0.2) is 13.5 Å². The number of nitrogens with one attached hydrogen (secondary N) is 1. The molecule has 0 saturated carbocycles. The van der Waals surface area contributed by atoms with Crippen molar-refractivity contribution in [2.45, 2.75) is 11.8 Å². The van der Waals surface area contributed by atoms with Crippen LogP contribution >= 0.6 is 10.7 Å². The van der Waals surface area contributed by atoms with Crippen molar-refractivity contribution in [2.75, 3.05) is 6.61 Å². The van der Waals surface area contributed by atoms with Gasteiger partial charge in [-0.2, -0.15) is 5.10 Å². The minimum absolute atomic E-state index is 0.0764. The summed E-state index contributed by atoms with van der Waals surface area (Å²) in [6.45, 7) is 2.08. The predicted molar refractivity (Wildman–Crippen MR) is 42.8 cm³/mol. The van der Waals surface area contributed by atoms with Crippen LogP contribution in [0.1, 0.15) is 6.92 Å². The zero-order chi connectivity index (χ0) is 9.19. The molecule has 0 unspecified atom stereocenters. The molecule has 1 aromatic heterocycles. The summed E-state index contributed by atoms with van der Waals surface area (Å²) in [5, 5.41) is 5.87. The lowest BCUT2D eigenvalue weighted by Crippen LogP contribution is -1.97. The zero-order valence-electron chi connectivity index (χ0n) is 6.24. The molecule has 1 aromatic rings. The average molecular weight is 211 g/mol. The van der Waals surface area contributed by atoms with Crippen LogP contribution in [0.25, 0.3) is 0 Å². The highest BCUT2D eigenvalue weighted by Crippen LogP contribution is 2.23. The van der Waals surface area contributed by atoms with Gasteiger partial charge >= 0.3 is 0 Å². The quantitative estimate of drug-likeness (QED) is 0.747. The monoisotopic (exact) mass is 210 g/mol. The molecule has 7 heteroatoms. The fourth-order valence-electron chi connectivity index (χ4n) is 0.685. The summed E-state index contributed by atoms with van der Waals surface area (Å²) >= 11 is 0. The van der Waals surface area contributed by atoms with Gasteiger partial charge < -0.3 is 4.74 Å². The molecule has 68 valence electrons. The molecule has 0 aliphatic rings. The Hall–Kier alpha value is -0.750. The minimum atomic E-state index is -3.76. The number of aromatic amines is 1. The fourth-order valence-corrected chi connectivity index (χ4v) is 1.52. The van der Waals surface area contributed by atoms with E-state index in [1.807, 2.05) is 0 Å². The van der Waals surface area contributed by atoms with E-state index in [-0.39, 0.29) is 10.8 Å². The Morgan fingerprint density at radius 1 is 1.75 bits per heavy atom. The van der Waals surface area contributed by atoms with Gasteiger partial charge in [-0.3, -0.25) is 0 Å². The van der Waals surface area contributed by atoms with Crippen LogP contribution in [0.2, 0.25) is 0 Å². The Morgan fingerprint density at radius 3 is 2.92 bits per heavy atom. The van der Waals surface area contributed by atoms with Crippen LogP contribution in [0.4, 0.5) is 0 Å². The maximum atomic E-state index is 10.8. The molecule has 5 nitrogen and oxygen atoms in total. The van der Waals surface area contributed by atoms with Crippen LogP contribution in [0.15, 0.2) is 11.1 Å². The van der Waals surface area contributed by atoms with Crippen molar-refractivity contribution in [1.82, 2.24) is 10.2 Å². The number of hydrogen-bond acceptors (Lipinski definition) is 4. The number of aromatic nitrogens is 2. The van der Waals surface area contributed by atoms with E-state index in [0.717, 1.165) is 6.20 Å². The predicted octanol–water partition coefficient (Wildman–Crippen LogP) is 0.736. The van der Waals surface area contributed by atoms with Gasteiger partial charge in [0.1, 0.15) is 0 Å². The molecule has 0 fully saturated rings. The number of nitrogens with zero attached hydrogens (tertiary/aromatic N) is 1. The molecule has 1 heterocycles. The standard InChI is InChI=1S/C5H7ClN2O3S/c1-2-11-5-4(3-7-8-5)12(6,9)10/h3H,2H2,1H3,(H,7,8). The normalized spacial score (nSPS) is 11.5. The largest absolute Gasteiger partial charge is 0.477 e. The van der Waals surface area contributed by atoms with Gasteiger partial charge in [0.15, 0.2) is 4.90 Å². The number of halogens is 1. The minimum Gasteiger partial charge on any atom is -0.477 e. The van der Waals surface area contributed by atoms with Crippen molar-refractivity contribution in [3.63, 3.8) is 0 Å². The summed E-state index contributed by atoms with van der Waals surface area (Å²) < 4.78 is 26.6. The molecule has 0 radical (unpaired) electrons. The second-order valence-electron chi connectivity index (χ2n) is 1.93. The Balaban J connectivity index is 3.08. The van der Waals surface area contributed by atoms with E-state index in [1.54, 1.807) is 6.92 Å². The molecule has 0 atom stereocenters. The van der Waals surface area contributed by atoms with Gasteiger partial charge in [0, 0.05) is 10.7 Å². The molecule has 1 N–H and O–H groups in total. The first-order valence-corrected chi connectivity index (χ1v) is 5.47. The summed E-state index contributed by atoms with van der Waals surface area (Å²) in [5.41, 5.74) is 0. The van der Waals surface area contributed by atoms with E-state index in [0.29, 0.717) is 6.61 Å². The lowest BCUT2D eigenvalue weighted by Gasteiger charge is -1.99. The number of hydrogen-bond donors (Lipinski definition) is 1.